The number of esters is 1. The van der Waals surface area contributed by atoms with Gasteiger partial charge in [0.2, 0.25) is 0 Å². The van der Waals surface area contributed by atoms with Crippen LogP contribution in [-0.4, -0.2) is 42.6 Å². The van der Waals surface area contributed by atoms with Crippen LogP contribution in [0.1, 0.15) is 157 Å². The van der Waals surface area contributed by atoms with Gasteiger partial charge in [0.05, 0.1) is 6.42 Å². The molecule has 3 unspecified atom stereocenters. The van der Waals surface area contributed by atoms with Crippen molar-refractivity contribution >= 4 is 17.8 Å². The zero-order chi connectivity index (χ0) is 34.5. The van der Waals surface area contributed by atoms with Crippen LogP contribution in [-0.2, 0) is 19.1 Å². The number of alkyl carbamates (subject to hydrolysis) is 1. The second-order valence-electron chi connectivity index (χ2n) is 17.6. The van der Waals surface area contributed by atoms with Crippen molar-refractivity contribution in [1.82, 2.24) is 5.32 Å². The number of fused-ring (bicyclic) bond motifs is 5. The summed E-state index contributed by atoms with van der Waals surface area (Å²) in [6, 6.07) is -0.0964. The third-order valence-electron chi connectivity index (χ3n) is 14.1. The molecule has 0 saturated heterocycles. The average Bonchev–Trinajstić information content (AvgIpc) is 3.40. The second-order valence-corrected chi connectivity index (χ2v) is 17.6. The highest BCUT2D eigenvalue weighted by Gasteiger charge is 2.59. The first kappa shape index (κ1) is 37.4. The van der Waals surface area contributed by atoms with Crippen LogP contribution in [0.3, 0.4) is 0 Å². The van der Waals surface area contributed by atoms with Crippen LogP contribution < -0.4 is 11.1 Å². The number of Topliss-reactive ketones (excluding diaryl/α,β-unsaturated/α-hetero) is 1. The highest BCUT2D eigenvalue weighted by Crippen LogP contribution is 2.67. The number of hydrogen-bond acceptors (Lipinski definition) is 6. The predicted octanol–water partition coefficient (Wildman–Crippen LogP) is 9.07. The van der Waals surface area contributed by atoms with Crippen molar-refractivity contribution in [2.24, 2.45) is 52.1 Å². The standard InChI is InChI=1S/C41H68N2O5/c1-27(2)10-8-11-28(3)33-18-19-34-32-17-15-29-26-31(21-23-40(29,4)35(32)22-24-41(33,34)5)47-39(46)43-25-9-12-30(44)16-20-38(45)48-37-14-7-6-13-36(37)42/h15,27-28,31-37H,6-14,16-26,42H2,1-5H3,(H,43,46)/t28-,31+,32?,33-,34?,35?,36-,37-,40+,41-/m1/s1. The molecule has 5 rings (SSSR count). The summed E-state index contributed by atoms with van der Waals surface area (Å²) >= 11 is 0. The third kappa shape index (κ3) is 8.69. The van der Waals surface area contributed by atoms with Gasteiger partial charge in [0.1, 0.15) is 18.0 Å². The van der Waals surface area contributed by atoms with Crippen molar-refractivity contribution < 1.29 is 23.9 Å². The molecule has 0 aromatic carbocycles. The van der Waals surface area contributed by atoms with Gasteiger partial charge in [-0.1, -0.05) is 72.0 Å². The molecule has 0 aromatic rings. The molecule has 0 spiro atoms. The van der Waals surface area contributed by atoms with E-state index in [2.05, 4.69) is 46.0 Å². The summed E-state index contributed by atoms with van der Waals surface area (Å²) < 4.78 is 11.4. The molecule has 4 saturated carbocycles. The number of amides is 1. The van der Waals surface area contributed by atoms with Crippen molar-refractivity contribution in [1.29, 1.82) is 0 Å². The number of nitrogens with two attached hydrogens (primary N) is 1. The van der Waals surface area contributed by atoms with Gasteiger partial charge < -0.3 is 20.5 Å². The molecule has 5 aliphatic carbocycles. The van der Waals surface area contributed by atoms with Gasteiger partial charge in [-0.05, 0) is 117 Å². The molecule has 3 N–H and O–H groups in total. The number of carbonyl (C=O) groups excluding carboxylic acids is 3. The Morgan fingerprint density at radius 3 is 2.46 bits per heavy atom. The smallest absolute Gasteiger partial charge is 0.407 e. The lowest BCUT2D eigenvalue weighted by Crippen LogP contribution is -2.51. The van der Waals surface area contributed by atoms with Crippen molar-refractivity contribution in [3.63, 3.8) is 0 Å². The van der Waals surface area contributed by atoms with Gasteiger partial charge in [-0.25, -0.2) is 4.79 Å². The Balaban J connectivity index is 1.02. The zero-order valence-corrected chi connectivity index (χ0v) is 31.0. The molecule has 0 aromatic heterocycles. The Kier molecular flexibility index (Phi) is 12.8. The first-order chi connectivity index (χ1) is 22.9. The first-order valence-electron chi connectivity index (χ1n) is 20.0. The van der Waals surface area contributed by atoms with E-state index in [9.17, 15) is 14.4 Å². The summed E-state index contributed by atoms with van der Waals surface area (Å²) in [7, 11) is 0. The molecule has 10 atom stereocenters. The normalized spacial score (nSPS) is 36.6. The summed E-state index contributed by atoms with van der Waals surface area (Å²) in [5.74, 6) is 4.60. The van der Waals surface area contributed by atoms with E-state index in [0.717, 1.165) is 80.5 Å². The maximum absolute atomic E-state index is 12.7. The predicted molar refractivity (Wildman–Crippen MR) is 191 cm³/mol. The Hall–Kier alpha value is -1.89. The fourth-order valence-corrected chi connectivity index (χ4v) is 11.3. The molecule has 0 radical (unpaired) electrons. The Morgan fingerprint density at radius 2 is 1.69 bits per heavy atom. The minimum Gasteiger partial charge on any atom is -0.461 e. The van der Waals surface area contributed by atoms with Crippen LogP contribution >= 0.6 is 0 Å². The lowest BCUT2D eigenvalue weighted by atomic mass is 9.47. The van der Waals surface area contributed by atoms with Crippen LogP contribution in [0.2, 0.25) is 0 Å². The molecule has 7 heteroatoms. The van der Waals surface area contributed by atoms with Gasteiger partial charge in [0, 0.05) is 31.8 Å². The molecule has 48 heavy (non-hydrogen) atoms. The van der Waals surface area contributed by atoms with Gasteiger partial charge in [-0.15, -0.1) is 0 Å². The Morgan fingerprint density at radius 1 is 0.896 bits per heavy atom. The number of ketones is 1. The molecule has 1 amide bonds. The van der Waals surface area contributed by atoms with Crippen molar-refractivity contribution in [2.45, 2.75) is 175 Å². The highest BCUT2D eigenvalue weighted by atomic mass is 16.6. The summed E-state index contributed by atoms with van der Waals surface area (Å²) in [4.78, 5) is 37.2. The average molecular weight is 669 g/mol. The van der Waals surface area contributed by atoms with Gasteiger partial charge in [-0.2, -0.15) is 0 Å². The van der Waals surface area contributed by atoms with E-state index in [1.807, 2.05) is 0 Å². The topological polar surface area (TPSA) is 108 Å². The highest BCUT2D eigenvalue weighted by molar-refractivity contribution is 5.83. The fourth-order valence-electron chi connectivity index (χ4n) is 11.3. The molecule has 272 valence electrons. The minimum absolute atomic E-state index is 0.0106. The largest absolute Gasteiger partial charge is 0.461 e. The van der Waals surface area contributed by atoms with Crippen molar-refractivity contribution in [2.75, 3.05) is 6.54 Å². The molecule has 0 aliphatic heterocycles. The van der Waals surface area contributed by atoms with Crippen LogP contribution in [0.4, 0.5) is 4.79 Å². The van der Waals surface area contributed by atoms with E-state index in [4.69, 9.17) is 15.2 Å². The first-order valence-corrected chi connectivity index (χ1v) is 20.0. The Bertz CT molecular complexity index is 1150. The minimum atomic E-state index is -0.384. The molecule has 5 aliphatic rings. The van der Waals surface area contributed by atoms with E-state index < -0.39 is 0 Å². The summed E-state index contributed by atoms with van der Waals surface area (Å²) in [6.07, 6.45) is 20.5. The van der Waals surface area contributed by atoms with E-state index in [1.54, 1.807) is 0 Å². The molecule has 0 bridgehead atoms. The van der Waals surface area contributed by atoms with Crippen LogP contribution in [0.5, 0.6) is 0 Å². The number of ether oxygens (including phenoxy) is 2. The van der Waals surface area contributed by atoms with E-state index in [0.29, 0.717) is 24.8 Å². The monoisotopic (exact) mass is 669 g/mol. The SMILES string of the molecule is CC(C)CCC[C@@H](C)[C@H]1CCC2C3CC=C4C[C@@H](OC(=O)NCCCC(=O)CCC(=O)O[C@@H]5CCCC[C@H]5N)CC[C@]4(C)C3CC[C@@]21C. The second kappa shape index (κ2) is 16.4. The lowest BCUT2D eigenvalue weighted by molar-refractivity contribution is -0.152. The maximum Gasteiger partial charge on any atom is 0.407 e. The molecular formula is C41H68N2O5. The van der Waals surface area contributed by atoms with Gasteiger partial charge in [0.15, 0.2) is 0 Å². The Labute approximate surface area is 291 Å². The van der Waals surface area contributed by atoms with E-state index >= 15 is 0 Å². The van der Waals surface area contributed by atoms with Gasteiger partial charge in [0.25, 0.3) is 0 Å². The van der Waals surface area contributed by atoms with Crippen molar-refractivity contribution in [3.8, 4) is 0 Å². The van der Waals surface area contributed by atoms with Crippen molar-refractivity contribution in [3.05, 3.63) is 11.6 Å². The number of nitrogens with one attached hydrogen (secondary N) is 1. The van der Waals surface area contributed by atoms with E-state index in [1.165, 1.54) is 56.9 Å². The summed E-state index contributed by atoms with van der Waals surface area (Å²) in [5, 5.41) is 2.86. The molecular weight excluding hydrogens is 600 g/mol. The maximum atomic E-state index is 12.7. The fraction of sp³-hybridized carbons (Fsp3) is 0.878. The number of rotatable bonds is 14. The summed E-state index contributed by atoms with van der Waals surface area (Å²) in [5.41, 5.74) is 8.32. The molecule has 4 fully saturated rings. The van der Waals surface area contributed by atoms with Gasteiger partial charge in [-0.3, -0.25) is 9.59 Å². The zero-order valence-electron chi connectivity index (χ0n) is 31.0. The summed E-state index contributed by atoms with van der Waals surface area (Å²) in [6.45, 7) is 12.8. The number of hydrogen-bond donors (Lipinski definition) is 2. The number of carbonyl (C=O) groups is 3. The quantitative estimate of drug-likeness (QED) is 0.109. The van der Waals surface area contributed by atoms with Crippen LogP contribution in [0.15, 0.2) is 11.6 Å². The third-order valence-corrected chi connectivity index (χ3v) is 14.1. The van der Waals surface area contributed by atoms with E-state index in [-0.39, 0.29) is 54.4 Å². The molecule has 0 heterocycles. The van der Waals surface area contributed by atoms with Crippen LogP contribution in [0.25, 0.3) is 0 Å². The number of allylic oxidation sites excluding steroid dienone is 1. The molecule has 7 nitrogen and oxygen atoms in total. The van der Waals surface area contributed by atoms with Crippen LogP contribution in [0, 0.1) is 46.3 Å². The lowest BCUT2D eigenvalue weighted by Gasteiger charge is -2.58. The van der Waals surface area contributed by atoms with Gasteiger partial charge >= 0.3 is 12.1 Å².